The number of aryl methyl sites for hydroxylation is 1. The van der Waals surface area contributed by atoms with Gasteiger partial charge in [0.15, 0.2) is 5.78 Å². The van der Waals surface area contributed by atoms with Crippen molar-refractivity contribution in [3.63, 3.8) is 0 Å². The van der Waals surface area contributed by atoms with E-state index < -0.39 is 21.4 Å². The van der Waals surface area contributed by atoms with Gasteiger partial charge in [0.05, 0.1) is 15.8 Å². The van der Waals surface area contributed by atoms with Gasteiger partial charge in [-0.05, 0) is 49.4 Å². The Morgan fingerprint density at radius 2 is 1.73 bits per heavy atom. The van der Waals surface area contributed by atoms with E-state index in [0.717, 1.165) is 10.6 Å². The molecule has 0 unspecified atom stereocenters. The van der Waals surface area contributed by atoms with E-state index in [2.05, 4.69) is 9.14 Å². The molecule has 9 heteroatoms. The van der Waals surface area contributed by atoms with Gasteiger partial charge in [-0.15, -0.1) is 0 Å². The van der Waals surface area contributed by atoms with Crippen molar-refractivity contribution in [3.8, 4) is 0 Å². The number of hydrogen-bond acceptors (Lipinski definition) is 6. The van der Waals surface area contributed by atoms with E-state index in [-0.39, 0.29) is 27.3 Å². The van der Waals surface area contributed by atoms with Crippen LogP contribution in [0.25, 0.3) is 10.9 Å². The van der Waals surface area contributed by atoms with Gasteiger partial charge in [-0.3, -0.25) is 14.1 Å². The van der Waals surface area contributed by atoms with Crippen molar-refractivity contribution in [2.45, 2.75) is 11.8 Å². The molecular formula is C17H14N2O6S. The number of nitrogens with one attached hydrogen (secondary N) is 1. The second-order valence-electron chi connectivity index (χ2n) is 5.63. The van der Waals surface area contributed by atoms with Crippen molar-refractivity contribution in [1.29, 1.82) is 0 Å². The SMILES string of the molecule is CC(=O)c1ccc(NS(=O)(=O)c2ccc3c(c2)c(=O)oc(=O)n3C)cc1. The molecule has 0 saturated heterocycles. The molecule has 8 nitrogen and oxygen atoms in total. The van der Waals surface area contributed by atoms with Crippen molar-refractivity contribution in [3.05, 3.63) is 69.0 Å². The summed E-state index contributed by atoms with van der Waals surface area (Å²) in [6.45, 7) is 1.41. The Morgan fingerprint density at radius 1 is 1.08 bits per heavy atom. The summed E-state index contributed by atoms with van der Waals surface area (Å²) < 4.78 is 33.1. The Hall–Kier alpha value is -3.20. The minimum absolute atomic E-state index is 0.0260. The molecule has 3 aromatic rings. The average molecular weight is 374 g/mol. The minimum Gasteiger partial charge on any atom is -0.372 e. The Kier molecular flexibility index (Phi) is 4.25. The van der Waals surface area contributed by atoms with Crippen molar-refractivity contribution < 1.29 is 17.6 Å². The molecule has 26 heavy (non-hydrogen) atoms. The predicted molar refractivity (Wildman–Crippen MR) is 95.0 cm³/mol. The van der Waals surface area contributed by atoms with Crippen LogP contribution >= 0.6 is 0 Å². The van der Waals surface area contributed by atoms with Gasteiger partial charge >= 0.3 is 11.4 Å². The van der Waals surface area contributed by atoms with Crippen molar-refractivity contribution >= 4 is 32.4 Å². The predicted octanol–water partition coefficient (Wildman–Crippen LogP) is 1.50. The number of ketones is 1. The molecule has 134 valence electrons. The molecule has 0 fully saturated rings. The highest BCUT2D eigenvalue weighted by Gasteiger charge is 2.17. The summed E-state index contributed by atoms with van der Waals surface area (Å²) >= 11 is 0. The maximum Gasteiger partial charge on any atom is 0.422 e. The summed E-state index contributed by atoms with van der Waals surface area (Å²) in [6, 6.07) is 9.73. The third-order valence-corrected chi connectivity index (χ3v) is 5.24. The van der Waals surface area contributed by atoms with E-state index in [4.69, 9.17) is 0 Å². The van der Waals surface area contributed by atoms with Crippen LogP contribution in [0.3, 0.4) is 0 Å². The quantitative estimate of drug-likeness (QED) is 0.692. The van der Waals surface area contributed by atoms with Crippen LogP contribution in [-0.2, 0) is 17.1 Å². The number of hydrogen-bond donors (Lipinski definition) is 1. The van der Waals surface area contributed by atoms with Crippen LogP contribution in [0, 0.1) is 0 Å². The molecule has 0 radical (unpaired) electrons. The lowest BCUT2D eigenvalue weighted by atomic mass is 10.1. The largest absolute Gasteiger partial charge is 0.422 e. The molecule has 1 N–H and O–H groups in total. The monoisotopic (exact) mass is 374 g/mol. The first kappa shape index (κ1) is 17.6. The highest BCUT2D eigenvalue weighted by molar-refractivity contribution is 7.92. The van der Waals surface area contributed by atoms with Gasteiger partial charge in [0.1, 0.15) is 0 Å². The number of carbonyl (C=O) groups is 1. The Labute approximate surface area is 147 Å². The number of aromatic nitrogens is 1. The molecule has 0 aliphatic rings. The summed E-state index contributed by atoms with van der Waals surface area (Å²) in [5, 5.41) is -0.0260. The number of nitrogens with zero attached hydrogens (tertiary/aromatic N) is 1. The summed E-state index contributed by atoms with van der Waals surface area (Å²) in [6.07, 6.45) is 0. The van der Waals surface area contributed by atoms with Crippen LogP contribution in [-0.4, -0.2) is 18.8 Å². The fourth-order valence-corrected chi connectivity index (χ4v) is 3.51. The van der Waals surface area contributed by atoms with Gasteiger partial charge < -0.3 is 4.42 Å². The summed E-state index contributed by atoms with van der Waals surface area (Å²) in [5.41, 5.74) is 0.0711. The Bertz CT molecular complexity index is 1240. The fraction of sp³-hybridized carbons (Fsp3) is 0.118. The third kappa shape index (κ3) is 3.16. The van der Waals surface area contributed by atoms with Gasteiger partial charge in [0.2, 0.25) is 0 Å². The summed E-state index contributed by atoms with van der Waals surface area (Å²) in [4.78, 5) is 34.5. The van der Waals surface area contributed by atoms with Gasteiger partial charge in [0.25, 0.3) is 10.0 Å². The first-order valence-electron chi connectivity index (χ1n) is 7.47. The zero-order chi connectivity index (χ0) is 19.1. The zero-order valence-electron chi connectivity index (χ0n) is 13.8. The van der Waals surface area contributed by atoms with Crippen molar-refractivity contribution in [2.24, 2.45) is 7.05 Å². The molecule has 0 saturated carbocycles. The molecule has 2 aromatic carbocycles. The number of fused-ring (bicyclic) bond motifs is 1. The number of Topliss-reactive ketones (excluding diaryl/α,β-unsaturated/α-hetero) is 1. The lowest BCUT2D eigenvalue weighted by Gasteiger charge is -2.10. The van der Waals surface area contributed by atoms with Crippen LogP contribution in [0.5, 0.6) is 0 Å². The summed E-state index contributed by atoms with van der Waals surface area (Å²) in [5.74, 6) is -0.965. The molecule has 0 aliphatic carbocycles. The van der Waals surface area contributed by atoms with E-state index in [0.29, 0.717) is 5.56 Å². The van der Waals surface area contributed by atoms with Gasteiger partial charge in [-0.1, -0.05) is 0 Å². The lowest BCUT2D eigenvalue weighted by molar-refractivity contribution is 0.101. The van der Waals surface area contributed by atoms with E-state index in [9.17, 15) is 22.8 Å². The molecule has 1 heterocycles. The standard InChI is InChI=1S/C17H14N2O6S/c1-10(20)11-3-5-12(6-4-11)18-26(23,24)13-7-8-15-14(9-13)16(21)25-17(22)19(15)2/h3-9,18H,1-2H3. The highest BCUT2D eigenvalue weighted by Crippen LogP contribution is 2.19. The molecule has 0 bridgehead atoms. The topological polar surface area (TPSA) is 115 Å². The number of carbonyl (C=O) groups excluding carboxylic acids is 1. The zero-order valence-corrected chi connectivity index (χ0v) is 14.7. The van der Waals surface area contributed by atoms with Crippen LogP contribution in [0.2, 0.25) is 0 Å². The van der Waals surface area contributed by atoms with E-state index in [1.54, 1.807) is 0 Å². The highest BCUT2D eigenvalue weighted by atomic mass is 32.2. The van der Waals surface area contributed by atoms with E-state index >= 15 is 0 Å². The third-order valence-electron chi connectivity index (χ3n) is 3.86. The van der Waals surface area contributed by atoms with E-state index in [1.807, 2.05) is 0 Å². The van der Waals surface area contributed by atoms with Crippen LogP contribution in [0.1, 0.15) is 17.3 Å². The minimum atomic E-state index is -3.98. The number of rotatable bonds is 4. The molecule has 1 aromatic heterocycles. The van der Waals surface area contributed by atoms with Gasteiger partial charge in [-0.25, -0.2) is 18.0 Å². The Balaban J connectivity index is 2.03. The smallest absolute Gasteiger partial charge is 0.372 e. The maximum absolute atomic E-state index is 12.5. The number of anilines is 1. The second kappa shape index (κ2) is 6.26. The average Bonchev–Trinajstić information content (AvgIpc) is 2.59. The molecule has 0 atom stereocenters. The molecule has 0 aliphatic heterocycles. The lowest BCUT2D eigenvalue weighted by Crippen LogP contribution is -2.23. The van der Waals surface area contributed by atoms with Crippen LogP contribution in [0.15, 0.2) is 61.4 Å². The first-order chi connectivity index (χ1) is 12.2. The fourth-order valence-electron chi connectivity index (χ4n) is 2.43. The van der Waals surface area contributed by atoms with Crippen LogP contribution in [0.4, 0.5) is 5.69 Å². The molecular weight excluding hydrogens is 360 g/mol. The summed E-state index contributed by atoms with van der Waals surface area (Å²) in [7, 11) is -2.57. The van der Waals surface area contributed by atoms with Gasteiger partial charge in [-0.2, -0.15) is 0 Å². The Morgan fingerprint density at radius 3 is 2.35 bits per heavy atom. The van der Waals surface area contributed by atoms with Crippen LogP contribution < -0.4 is 16.1 Å². The van der Waals surface area contributed by atoms with E-state index in [1.165, 1.54) is 50.4 Å². The number of benzene rings is 2. The van der Waals surface area contributed by atoms with Gasteiger partial charge in [0, 0.05) is 18.3 Å². The first-order valence-corrected chi connectivity index (χ1v) is 8.95. The maximum atomic E-state index is 12.5. The normalized spacial score (nSPS) is 11.5. The van der Waals surface area contributed by atoms with Crippen molar-refractivity contribution in [1.82, 2.24) is 4.57 Å². The molecule has 0 spiro atoms. The molecule has 3 rings (SSSR count). The molecule has 0 amide bonds. The second-order valence-corrected chi connectivity index (χ2v) is 7.31. The number of sulfonamides is 1. The van der Waals surface area contributed by atoms with Crippen molar-refractivity contribution in [2.75, 3.05) is 4.72 Å².